The summed E-state index contributed by atoms with van der Waals surface area (Å²) < 4.78 is 3.81. The highest BCUT2D eigenvalue weighted by Gasteiger charge is 2.36. The zero-order valence-corrected chi connectivity index (χ0v) is 21.7. The molecule has 8 nitrogen and oxygen atoms in total. The van der Waals surface area contributed by atoms with Crippen molar-refractivity contribution >= 4 is 16.9 Å². The summed E-state index contributed by atoms with van der Waals surface area (Å²) in [5.74, 6) is 0.107. The topological polar surface area (TPSA) is 84.2 Å². The molecule has 4 heterocycles. The standard InChI is InChI=1S/C30H34N6O2/c1-34-15-12-21(16-29(34)37)25-11-14-31-17-27(25)33-30(38)36(24-9-10-24)19-22-18-35(20-23-6-4-5-13-32-23)28-8-3-2-7-26(22)28/h2-8,12-13,15-16,18,24-25,27,31H,9-11,14,17,19-20H2,1H3,(H,33,38)/t25-,27+/m0/s1. The lowest BCUT2D eigenvalue weighted by molar-refractivity contribution is 0.183. The van der Waals surface area contributed by atoms with Gasteiger partial charge in [-0.15, -0.1) is 0 Å². The second kappa shape index (κ2) is 10.5. The zero-order chi connectivity index (χ0) is 26.1. The van der Waals surface area contributed by atoms with Crippen LogP contribution in [0.5, 0.6) is 0 Å². The number of amides is 2. The largest absolute Gasteiger partial charge is 0.341 e. The number of carbonyl (C=O) groups is 1. The summed E-state index contributed by atoms with van der Waals surface area (Å²) in [5.41, 5.74) is 4.27. The second-order valence-electron chi connectivity index (χ2n) is 10.5. The van der Waals surface area contributed by atoms with E-state index < -0.39 is 0 Å². The van der Waals surface area contributed by atoms with Crippen LogP contribution >= 0.6 is 0 Å². The SMILES string of the molecule is Cn1ccc([C@@H]2CCNC[C@H]2NC(=O)N(Cc2cn(Cc3ccccn3)c3ccccc23)C2CC2)cc1=O. The molecule has 0 radical (unpaired) electrons. The number of aromatic nitrogens is 3. The minimum absolute atomic E-state index is 0.0205. The molecule has 2 amide bonds. The maximum atomic E-state index is 13.7. The molecule has 4 aromatic rings. The predicted molar refractivity (Wildman–Crippen MR) is 148 cm³/mol. The third-order valence-electron chi connectivity index (χ3n) is 7.87. The Morgan fingerprint density at radius 1 is 1.13 bits per heavy atom. The van der Waals surface area contributed by atoms with Crippen LogP contribution in [0.4, 0.5) is 4.79 Å². The molecule has 8 heteroatoms. The fraction of sp³-hybridized carbons (Fsp3) is 0.367. The van der Waals surface area contributed by atoms with Crippen LogP contribution in [0.25, 0.3) is 10.9 Å². The second-order valence-corrected chi connectivity index (χ2v) is 10.5. The minimum atomic E-state index is -0.0740. The van der Waals surface area contributed by atoms with Crippen LogP contribution in [0.15, 0.2) is 78.0 Å². The van der Waals surface area contributed by atoms with Gasteiger partial charge in [-0.3, -0.25) is 9.78 Å². The Balaban J connectivity index is 1.23. The predicted octanol–water partition coefficient (Wildman–Crippen LogP) is 3.60. The molecule has 38 heavy (non-hydrogen) atoms. The van der Waals surface area contributed by atoms with Crippen molar-refractivity contribution in [2.75, 3.05) is 13.1 Å². The lowest BCUT2D eigenvalue weighted by Gasteiger charge is -2.35. The number of carbonyl (C=O) groups excluding carboxylic acids is 1. The fourth-order valence-electron chi connectivity index (χ4n) is 5.63. The van der Waals surface area contributed by atoms with E-state index in [1.807, 2.05) is 41.6 Å². The molecule has 3 aromatic heterocycles. The molecular formula is C30H34N6O2. The molecule has 0 bridgehead atoms. The van der Waals surface area contributed by atoms with Gasteiger partial charge in [-0.25, -0.2) is 4.79 Å². The number of nitrogens with zero attached hydrogens (tertiary/aromatic N) is 4. The van der Waals surface area contributed by atoms with E-state index in [0.29, 0.717) is 19.6 Å². The maximum absolute atomic E-state index is 13.7. The van der Waals surface area contributed by atoms with Gasteiger partial charge in [0.2, 0.25) is 0 Å². The number of nitrogens with one attached hydrogen (secondary N) is 2. The number of rotatable bonds is 7. The summed E-state index contributed by atoms with van der Waals surface area (Å²) in [6, 6.07) is 18.2. The van der Waals surface area contributed by atoms with Gasteiger partial charge in [0.25, 0.3) is 5.56 Å². The summed E-state index contributed by atoms with van der Waals surface area (Å²) in [7, 11) is 1.76. The van der Waals surface area contributed by atoms with Gasteiger partial charge in [0.05, 0.1) is 12.2 Å². The zero-order valence-electron chi connectivity index (χ0n) is 21.7. The van der Waals surface area contributed by atoms with Crippen LogP contribution in [0, 0.1) is 0 Å². The van der Waals surface area contributed by atoms with Crippen molar-refractivity contribution in [3.8, 4) is 0 Å². The van der Waals surface area contributed by atoms with Crippen molar-refractivity contribution in [1.82, 2.24) is 29.7 Å². The van der Waals surface area contributed by atoms with Crippen LogP contribution < -0.4 is 16.2 Å². The molecular weight excluding hydrogens is 476 g/mol. The number of piperidine rings is 1. The normalized spacial score (nSPS) is 19.4. The van der Waals surface area contributed by atoms with Crippen LogP contribution in [0.1, 0.15) is 42.0 Å². The number of pyridine rings is 2. The number of hydrogen-bond donors (Lipinski definition) is 2. The third kappa shape index (κ3) is 5.09. The van der Waals surface area contributed by atoms with Gasteiger partial charge in [-0.05, 0) is 61.2 Å². The van der Waals surface area contributed by atoms with E-state index in [9.17, 15) is 9.59 Å². The molecule has 1 saturated carbocycles. The van der Waals surface area contributed by atoms with Crippen LogP contribution in [-0.2, 0) is 20.1 Å². The van der Waals surface area contributed by atoms with Gasteiger partial charge in [-0.2, -0.15) is 0 Å². The fourth-order valence-corrected chi connectivity index (χ4v) is 5.63. The molecule has 1 aliphatic carbocycles. The highest BCUT2D eigenvalue weighted by Crippen LogP contribution is 2.32. The highest BCUT2D eigenvalue weighted by atomic mass is 16.2. The van der Waals surface area contributed by atoms with Crippen molar-refractivity contribution < 1.29 is 4.79 Å². The minimum Gasteiger partial charge on any atom is -0.341 e. The van der Waals surface area contributed by atoms with Crippen molar-refractivity contribution in [2.24, 2.45) is 7.05 Å². The van der Waals surface area contributed by atoms with E-state index in [4.69, 9.17) is 0 Å². The van der Waals surface area contributed by atoms with Crippen LogP contribution in [0.3, 0.4) is 0 Å². The van der Waals surface area contributed by atoms with Crippen LogP contribution in [-0.4, -0.2) is 50.2 Å². The van der Waals surface area contributed by atoms with Crippen molar-refractivity contribution in [2.45, 2.75) is 50.4 Å². The average molecular weight is 511 g/mol. The molecule has 6 rings (SSSR count). The van der Waals surface area contributed by atoms with E-state index in [2.05, 4.69) is 50.6 Å². The summed E-state index contributed by atoms with van der Waals surface area (Å²) >= 11 is 0. The first-order valence-corrected chi connectivity index (χ1v) is 13.5. The molecule has 0 unspecified atom stereocenters. The van der Waals surface area contributed by atoms with E-state index in [1.165, 1.54) is 5.39 Å². The van der Waals surface area contributed by atoms with E-state index in [-0.39, 0.29) is 29.6 Å². The number of aryl methyl sites for hydroxylation is 1. The monoisotopic (exact) mass is 510 g/mol. The quantitative estimate of drug-likeness (QED) is 0.398. The van der Waals surface area contributed by atoms with Crippen molar-refractivity contribution in [3.63, 3.8) is 0 Å². The first-order valence-electron chi connectivity index (χ1n) is 13.5. The van der Waals surface area contributed by atoms with Gasteiger partial charge < -0.3 is 24.7 Å². The molecule has 0 spiro atoms. The molecule has 2 fully saturated rings. The Morgan fingerprint density at radius 2 is 1.97 bits per heavy atom. The first kappa shape index (κ1) is 24.4. The first-order chi connectivity index (χ1) is 18.6. The number of hydrogen-bond acceptors (Lipinski definition) is 4. The van der Waals surface area contributed by atoms with E-state index in [1.54, 1.807) is 17.7 Å². The van der Waals surface area contributed by atoms with E-state index >= 15 is 0 Å². The lowest BCUT2D eigenvalue weighted by atomic mass is 9.86. The lowest BCUT2D eigenvalue weighted by Crippen LogP contribution is -2.53. The Hall–Kier alpha value is -3.91. The number of fused-ring (bicyclic) bond motifs is 1. The summed E-state index contributed by atoms with van der Waals surface area (Å²) in [4.78, 5) is 32.5. The molecule has 1 aromatic carbocycles. The molecule has 2 atom stereocenters. The molecule has 2 aliphatic rings. The molecule has 1 aliphatic heterocycles. The van der Waals surface area contributed by atoms with Crippen LogP contribution in [0.2, 0.25) is 0 Å². The number of para-hydroxylation sites is 1. The smallest absolute Gasteiger partial charge is 0.318 e. The van der Waals surface area contributed by atoms with Gasteiger partial charge in [0.15, 0.2) is 0 Å². The Morgan fingerprint density at radius 3 is 2.76 bits per heavy atom. The Bertz CT molecular complexity index is 1490. The van der Waals surface area contributed by atoms with Gasteiger partial charge >= 0.3 is 6.03 Å². The highest BCUT2D eigenvalue weighted by molar-refractivity contribution is 5.85. The van der Waals surface area contributed by atoms with Gasteiger partial charge in [0.1, 0.15) is 0 Å². The Labute approximate surface area is 222 Å². The van der Waals surface area contributed by atoms with Gasteiger partial charge in [0, 0.05) is 73.7 Å². The van der Waals surface area contributed by atoms with Crippen molar-refractivity contribution in [3.05, 3.63) is 100 Å². The van der Waals surface area contributed by atoms with Gasteiger partial charge in [-0.1, -0.05) is 24.3 Å². The molecule has 1 saturated heterocycles. The van der Waals surface area contributed by atoms with Crippen molar-refractivity contribution in [1.29, 1.82) is 0 Å². The summed E-state index contributed by atoms with van der Waals surface area (Å²) in [6.45, 7) is 2.80. The molecule has 196 valence electrons. The third-order valence-corrected chi connectivity index (χ3v) is 7.87. The Kier molecular flexibility index (Phi) is 6.72. The maximum Gasteiger partial charge on any atom is 0.318 e. The van der Waals surface area contributed by atoms with E-state index in [0.717, 1.165) is 48.1 Å². The molecule has 2 N–H and O–H groups in total. The number of benzene rings is 1. The summed E-state index contributed by atoms with van der Waals surface area (Å²) in [6.07, 6.45) is 8.75. The summed E-state index contributed by atoms with van der Waals surface area (Å²) in [5, 5.41) is 7.93. The number of urea groups is 1. The average Bonchev–Trinajstić information content (AvgIpc) is 3.73.